The normalized spacial score (nSPS) is 18.3. The molecule has 0 saturated heterocycles. The second-order valence-electron chi connectivity index (χ2n) is 3.12. The predicted molar refractivity (Wildman–Crippen MR) is 50.9 cm³/mol. The van der Waals surface area contributed by atoms with Gasteiger partial charge in [0.05, 0.1) is 12.0 Å². The zero-order valence-corrected chi connectivity index (χ0v) is 8.98. The second-order valence-corrected chi connectivity index (χ2v) is 4.70. The van der Waals surface area contributed by atoms with Crippen molar-refractivity contribution in [1.82, 2.24) is 5.32 Å². The first-order valence-electron chi connectivity index (χ1n) is 4.27. The molecule has 0 saturated carbocycles. The lowest BCUT2D eigenvalue weighted by Crippen LogP contribution is -2.22. The molecule has 0 unspecified atom stereocenters. The van der Waals surface area contributed by atoms with Crippen molar-refractivity contribution in [3.05, 3.63) is 11.5 Å². The maximum atomic E-state index is 11.4. The van der Waals surface area contributed by atoms with Gasteiger partial charge in [-0.1, -0.05) is 0 Å². The summed E-state index contributed by atoms with van der Waals surface area (Å²) in [6, 6.07) is 0. The first-order valence-corrected chi connectivity index (χ1v) is 6.09. The zero-order valence-electron chi connectivity index (χ0n) is 8.16. The minimum absolute atomic E-state index is 0.0544. The lowest BCUT2D eigenvalue weighted by molar-refractivity contribution is -0.118. The van der Waals surface area contributed by atoms with E-state index in [2.05, 4.69) is 9.50 Å². The topological polar surface area (TPSA) is 72.5 Å². The molecule has 0 spiro atoms. The molecule has 0 amide bonds. The number of hydrogen-bond acceptors (Lipinski definition) is 5. The molecule has 6 heteroatoms. The minimum Gasteiger partial charge on any atom is -0.388 e. The molecule has 0 bridgehead atoms. The third-order valence-corrected chi connectivity index (χ3v) is 2.36. The highest BCUT2D eigenvalue weighted by Gasteiger charge is 2.24. The van der Waals surface area contributed by atoms with E-state index in [0.29, 0.717) is 18.5 Å². The zero-order chi connectivity index (χ0) is 10.8. The molecule has 80 valence electrons. The average Bonchev–Trinajstić information content (AvgIpc) is 2.06. The van der Waals surface area contributed by atoms with Crippen molar-refractivity contribution in [2.24, 2.45) is 0 Å². The van der Waals surface area contributed by atoms with Crippen LogP contribution in [0.1, 0.15) is 19.3 Å². The number of Topliss-reactive ketones (excluding diaryl/α,β-unsaturated/α-hetero) is 1. The lowest BCUT2D eigenvalue weighted by atomic mass is 10.0. The lowest BCUT2D eigenvalue weighted by Gasteiger charge is -2.17. The Hall–Kier alpha value is -1.04. The molecule has 0 atom stereocenters. The Morgan fingerprint density at radius 2 is 2.00 bits per heavy atom. The number of hydrogen-bond donors (Lipinski definition) is 1. The fourth-order valence-electron chi connectivity index (χ4n) is 1.31. The fourth-order valence-corrected chi connectivity index (χ4v) is 1.80. The van der Waals surface area contributed by atoms with Crippen molar-refractivity contribution in [2.45, 2.75) is 19.3 Å². The van der Waals surface area contributed by atoms with Gasteiger partial charge in [0.2, 0.25) is 11.5 Å². The fraction of sp³-hybridized carbons (Fsp3) is 0.625. The Bertz CT molecular complexity index is 369. The smallest absolute Gasteiger partial charge is 0.306 e. The summed E-state index contributed by atoms with van der Waals surface area (Å²) in [4.78, 5) is 11.4. The molecule has 0 aromatic rings. The largest absolute Gasteiger partial charge is 0.388 e. The third-order valence-electron chi connectivity index (χ3n) is 1.89. The summed E-state index contributed by atoms with van der Waals surface area (Å²) in [5.74, 6) is -0.313. The van der Waals surface area contributed by atoms with E-state index in [1.54, 1.807) is 7.05 Å². The van der Waals surface area contributed by atoms with Crippen LogP contribution in [0, 0.1) is 0 Å². The highest BCUT2D eigenvalue weighted by molar-refractivity contribution is 7.86. The molecule has 0 aliphatic heterocycles. The van der Waals surface area contributed by atoms with E-state index in [0.717, 1.165) is 12.7 Å². The molecular weight excluding hydrogens is 206 g/mol. The van der Waals surface area contributed by atoms with E-state index in [9.17, 15) is 13.2 Å². The van der Waals surface area contributed by atoms with Crippen LogP contribution >= 0.6 is 0 Å². The van der Waals surface area contributed by atoms with Crippen LogP contribution in [0.4, 0.5) is 0 Å². The molecule has 0 aromatic heterocycles. The standard InChI is InChI=1S/C8H13NO4S/c1-9-6-4-3-5-7(10)8(6)13-14(2,11)12/h9H,3-5H2,1-2H3. The van der Waals surface area contributed by atoms with Gasteiger partial charge in [0.25, 0.3) is 0 Å². The predicted octanol–water partition coefficient (Wildman–Crippen LogP) is 0.147. The molecule has 0 fully saturated rings. The molecule has 1 aliphatic rings. The number of allylic oxidation sites excluding steroid dienone is 2. The molecule has 5 nitrogen and oxygen atoms in total. The van der Waals surface area contributed by atoms with Crippen molar-refractivity contribution < 1.29 is 17.4 Å². The number of carbonyl (C=O) groups is 1. The van der Waals surface area contributed by atoms with Gasteiger partial charge in [-0.2, -0.15) is 8.42 Å². The van der Waals surface area contributed by atoms with Gasteiger partial charge in [-0.05, 0) is 12.8 Å². The van der Waals surface area contributed by atoms with Crippen molar-refractivity contribution in [3.8, 4) is 0 Å². The van der Waals surface area contributed by atoms with Gasteiger partial charge in [-0.25, -0.2) is 0 Å². The molecule has 0 aromatic carbocycles. The average molecular weight is 219 g/mol. The van der Waals surface area contributed by atoms with E-state index in [-0.39, 0.29) is 11.5 Å². The van der Waals surface area contributed by atoms with Crippen molar-refractivity contribution in [3.63, 3.8) is 0 Å². The van der Waals surface area contributed by atoms with Gasteiger partial charge in [-0.15, -0.1) is 0 Å². The SMILES string of the molecule is CNC1=C(OS(C)(=O)=O)C(=O)CCC1. The quantitative estimate of drug-likeness (QED) is 0.684. The molecule has 14 heavy (non-hydrogen) atoms. The van der Waals surface area contributed by atoms with Gasteiger partial charge in [0, 0.05) is 13.5 Å². The van der Waals surface area contributed by atoms with Gasteiger partial charge in [0.1, 0.15) is 0 Å². The highest BCUT2D eigenvalue weighted by atomic mass is 32.2. The van der Waals surface area contributed by atoms with Gasteiger partial charge < -0.3 is 9.50 Å². The minimum atomic E-state index is -3.62. The molecule has 1 aliphatic carbocycles. The van der Waals surface area contributed by atoms with Crippen LogP contribution in [0.5, 0.6) is 0 Å². The van der Waals surface area contributed by atoms with Gasteiger partial charge >= 0.3 is 10.1 Å². The Balaban J connectivity index is 3.00. The van der Waals surface area contributed by atoms with Crippen LogP contribution in [0.3, 0.4) is 0 Å². The summed E-state index contributed by atoms with van der Waals surface area (Å²) < 4.78 is 26.4. The van der Waals surface area contributed by atoms with E-state index in [4.69, 9.17) is 0 Å². The second kappa shape index (κ2) is 4.00. The van der Waals surface area contributed by atoms with Crippen LogP contribution in [-0.4, -0.2) is 27.5 Å². The summed E-state index contributed by atoms with van der Waals surface area (Å²) in [6.45, 7) is 0. The van der Waals surface area contributed by atoms with Crippen LogP contribution in [0.25, 0.3) is 0 Å². The maximum absolute atomic E-state index is 11.4. The Morgan fingerprint density at radius 3 is 2.50 bits per heavy atom. The Morgan fingerprint density at radius 1 is 1.36 bits per heavy atom. The summed E-state index contributed by atoms with van der Waals surface area (Å²) in [7, 11) is -1.98. The van der Waals surface area contributed by atoms with Gasteiger partial charge in [-0.3, -0.25) is 4.79 Å². The summed E-state index contributed by atoms with van der Waals surface area (Å²) in [5, 5.41) is 2.78. The Kier molecular flexibility index (Phi) is 3.15. The van der Waals surface area contributed by atoms with Crippen molar-refractivity contribution in [1.29, 1.82) is 0 Å². The monoisotopic (exact) mass is 219 g/mol. The summed E-state index contributed by atoms with van der Waals surface area (Å²) >= 11 is 0. The van der Waals surface area contributed by atoms with Crippen LogP contribution in [-0.2, 0) is 19.1 Å². The third kappa shape index (κ3) is 2.73. The van der Waals surface area contributed by atoms with Crippen molar-refractivity contribution >= 4 is 15.9 Å². The number of carbonyl (C=O) groups excluding carboxylic acids is 1. The van der Waals surface area contributed by atoms with Crippen LogP contribution in [0.2, 0.25) is 0 Å². The van der Waals surface area contributed by atoms with Crippen LogP contribution in [0.15, 0.2) is 11.5 Å². The first-order chi connectivity index (χ1) is 6.44. The van der Waals surface area contributed by atoms with E-state index < -0.39 is 10.1 Å². The summed E-state index contributed by atoms with van der Waals surface area (Å²) in [6.07, 6.45) is 2.64. The van der Waals surface area contributed by atoms with E-state index in [1.807, 2.05) is 0 Å². The maximum Gasteiger partial charge on any atom is 0.306 e. The number of nitrogens with one attached hydrogen (secondary N) is 1. The Labute approximate surface area is 83.3 Å². The van der Waals surface area contributed by atoms with Crippen LogP contribution < -0.4 is 5.32 Å². The first kappa shape index (κ1) is 11.0. The van der Waals surface area contributed by atoms with E-state index >= 15 is 0 Å². The molecule has 1 rings (SSSR count). The molecular formula is C8H13NO4S. The van der Waals surface area contributed by atoms with Crippen molar-refractivity contribution in [2.75, 3.05) is 13.3 Å². The number of ketones is 1. The van der Waals surface area contributed by atoms with Gasteiger partial charge in [0.15, 0.2) is 0 Å². The molecule has 0 radical (unpaired) electrons. The molecule has 0 heterocycles. The molecule has 1 N–H and O–H groups in total. The highest BCUT2D eigenvalue weighted by Crippen LogP contribution is 2.21. The summed E-state index contributed by atoms with van der Waals surface area (Å²) in [5.41, 5.74) is 0.562. The number of rotatable bonds is 3. The van der Waals surface area contributed by atoms with E-state index in [1.165, 1.54) is 0 Å².